The molecule has 0 fully saturated rings. The van der Waals surface area contributed by atoms with Crippen LogP contribution in [0, 0.1) is 0 Å². The number of carbonyl (C=O) groups excluding carboxylic acids is 1. The van der Waals surface area contributed by atoms with Gasteiger partial charge in [-0.2, -0.15) is 4.80 Å². The highest BCUT2D eigenvalue weighted by molar-refractivity contribution is 7.80. The molecule has 0 aliphatic rings. The Morgan fingerprint density at radius 1 is 1.32 bits per heavy atom. The number of amides is 1. The van der Waals surface area contributed by atoms with E-state index in [2.05, 4.69) is 39.9 Å². The standard InChI is InChI=1S/C14H18N6OS/c1-4-20-18-13(17-19-20)16-14(22)15-12(21)11-7-5-10(6-8-11)9(2)3/h5-9H,4H2,1-3H3,(H2,15,16,18,21,22). The minimum absolute atomic E-state index is 0.133. The van der Waals surface area contributed by atoms with Crippen molar-refractivity contribution >= 4 is 29.2 Å². The molecule has 2 aromatic rings. The quantitative estimate of drug-likeness (QED) is 0.838. The molecule has 22 heavy (non-hydrogen) atoms. The third kappa shape index (κ3) is 4.08. The van der Waals surface area contributed by atoms with Crippen LogP contribution >= 0.6 is 12.2 Å². The van der Waals surface area contributed by atoms with Gasteiger partial charge in [-0.05, 0) is 48.0 Å². The van der Waals surface area contributed by atoms with Gasteiger partial charge in [-0.3, -0.25) is 15.4 Å². The molecule has 0 saturated heterocycles. The molecule has 1 heterocycles. The molecule has 116 valence electrons. The van der Waals surface area contributed by atoms with Crippen molar-refractivity contribution in [2.45, 2.75) is 33.2 Å². The molecule has 0 bridgehead atoms. The number of nitrogens with zero attached hydrogens (tertiary/aromatic N) is 4. The van der Waals surface area contributed by atoms with Crippen molar-refractivity contribution < 1.29 is 4.79 Å². The highest BCUT2D eigenvalue weighted by Crippen LogP contribution is 2.14. The molecule has 7 nitrogen and oxygen atoms in total. The van der Waals surface area contributed by atoms with E-state index in [9.17, 15) is 4.79 Å². The lowest BCUT2D eigenvalue weighted by Crippen LogP contribution is -2.34. The number of carbonyl (C=O) groups is 1. The van der Waals surface area contributed by atoms with E-state index in [1.807, 2.05) is 19.1 Å². The van der Waals surface area contributed by atoms with E-state index in [4.69, 9.17) is 12.2 Å². The van der Waals surface area contributed by atoms with E-state index < -0.39 is 0 Å². The predicted octanol–water partition coefficient (Wildman–Crippen LogP) is 1.94. The van der Waals surface area contributed by atoms with Crippen molar-refractivity contribution in [1.29, 1.82) is 0 Å². The Balaban J connectivity index is 1.94. The smallest absolute Gasteiger partial charge is 0.269 e. The van der Waals surface area contributed by atoms with Gasteiger partial charge in [-0.15, -0.1) is 5.10 Å². The average molecular weight is 318 g/mol. The fourth-order valence-electron chi connectivity index (χ4n) is 1.75. The number of thiocarbonyl (C=S) groups is 1. The SMILES string of the molecule is CCn1nnc(NC(=S)NC(=O)c2ccc(C(C)C)cc2)n1. The van der Waals surface area contributed by atoms with Crippen molar-refractivity contribution in [1.82, 2.24) is 25.5 Å². The summed E-state index contributed by atoms with van der Waals surface area (Å²) >= 11 is 5.07. The maximum absolute atomic E-state index is 12.1. The topological polar surface area (TPSA) is 84.7 Å². The predicted molar refractivity (Wildman–Crippen MR) is 87.7 cm³/mol. The summed E-state index contributed by atoms with van der Waals surface area (Å²) < 4.78 is 0. The number of tetrazole rings is 1. The van der Waals surface area contributed by atoms with Gasteiger partial charge >= 0.3 is 0 Å². The molecule has 0 aliphatic carbocycles. The van der Waals surface area contributed by atoms with Crippen LogP contribution in [0.1, 0.15) is 42.6 Å². The lowest BCUT2D eigenvalue weighted by Gasteiger charge is -2.08. The first kappa shape index (κ1) is 16.0. The van der Waals surface area contributed by atoms with Gasteiger partial charge < -0.3 is 0 Å². The molecule has 0 aliphatic heterocycles. The zero-order valence-corrected chi connectivity index (χ0v) is 13.5. The Bertz CT molecular complexity index is 664. The second kappa shape index (κ2) is 7.08. The summed E-state index contributed by atoms with van der Waals surface area (Å²) in [6, 6.07) is 7.42. The number of benzene rings is 1. The van der Waals surface area contributed by atoms with Crippen molar-refractivity contribution in [2.75, 3.05) is 5.32 Å². The zero-order chi connectivity index (χ0) is 16.1. The van der Waals surface area contributed by atoms with Crippen molar-refractivity contribution in [3.05, 3.63) is 35.4 Å². The number of aryl methyl sites for hydroxylation is 1. The minimum Gasteiger partial charge on any atom is -0.299 e. The molecule has 0 unspecified atom stereocenters. The molecule has 0 saturated carbocycles. The minimum atomic E-state index is -0.282. The van der Waals surface area contributed by atoms with Crippen LogP contribution in [-0.2, 0) is 6.54 Å². The summed E-state index contributed by atoms with van der Waals surface area (Å²) in [5.74, 6) is 0.394. The Morgan fingerprint density at radius 2 is 2.00 bits per heavy atom. The van der Waals surface area contributed by atoms with Gasteiger partial charge in [0.25, 0.3) is 11.9 Å². The van der Waals surface area contributed by atoms with E-state index in [1.54, 1.807) is 12.1 Å². The maximum atomic E-state index is 12.1. The van der Waals surface area contributed by atoms with E-state index in [0.717, 1.165) is 0 Å². The fourth-order valence-corrected chi connectivity index (χ4v) is 1.94. The van der Waals surface area contributed by atoms with Crippen LogP contribution in [0.5, 0.6) is 0 Å². The van der Waals surface area contributed by atoms with Crippen LogP contribution < -0.4 is 10.6 Å². The summed E-state index contributed by atoms with van der Waals surface area (Å²) in [5.41, 5.74) is 1.72. The number of aromatic nitrogens is 4. The van der Waals surface area contributed by atoms with Gasteiger partial charge in [0.05, 0.1) is 6.54 Å². The molecule has 1 aromatic carbocycles. The van der Waals surface area contributed by atoms with Crippen molar-refractivity contribution in [3.8, 4) is 0 Å². The first-order chi connectivity index (χ1) is 10.5. The molecule has 2 rings (SSSR count). The van der Waals surface area contributed by atoms with Gasteiger partial charge in [-0.25, -0.2) is 0 Å². The zero-order valence-electron chi connectivity index (χ0n) is 12.7. The van der Waals surface area contributed by atoms with Crippen LogP contribution in [-0.4, -0.2) is 31.2 Å². The average Bonchev–Trinajstić information content (AvgIpc) is 2.94. The van der Waals surface area contributed by atoms with Gasteiger partial charge in [0.2, 0.25) is 0 Å². The maximum Gasteiger partial charge on any atom is 0.269 e. The molecule has 1 amide bonds. The van der Waals surface area contributed by atoms with Crippen LogP contribution in [0.25, 0.3) is 0 Å². The third-order valence-corrected chi connectivity index (χ3v) is 3.23. The van der Waals surface area contributed by atoms with Crippen LogP contribution in [0.3, 0.4) is 0 Å². The summed E-state index contributed by atoms with van der Waals surface area (Å²) in [5, 5.41) is 17.0. The molecule has 8 heteroatoms. The molecule has 1 aromatic heterocycles. The van der Waals surface area contributed by atoms with E-state index in [1.165, 1.54) is 10.4 Å². The molecular weight excluding hydrogens is 300 g/mol. The Kier molecular flexibility index (Phi) is 5.16. The van der Waals surface area contributed by atoms with Crippen LogP contribution in [0.4, 0.5) is 5.95 Å². The normalized spacial score (nSPS) is 10.5. The van der Waals surface area contributed by atoms with E-state index >= 15 is 0 Å². The summed E-state index contributed by atoms with van der Waals surface area (Å²) in [7, 11) is 0. The molecule has 2 N–H and O–H groups in total. The third-order valence-electron chi connectivity index (χ3n) is 3.03. The van der Waals surface area contributed by atoms with Crippen LogP contribution in [0.2, 0.25) is 0 Å². The number of nitrogens with one attached hydrogen (secondary N) is 2. The Hall–Kier alpha value is -2.35. The summed E-state index contributed by atoms with van der Waals surface area (Å²) in [6.45, 7) is 6.71. The summed E-state index contributed by atoms with van der Waals surface area (Å²) in [6.07, 6.45) is 0. The molecular formula is C14H18N6OS. The highest BCUT2D eigenvalue weighted by atomic mass is 32.1. The number of hydrogen-bond donors (Lipinski definition) is 2. The number of anilines is 1. The molecule has 0 spiro atoms. The largest absolute Gasteiger partial charge is 0.299 e. The Morgan fingerprint density at radius 3 is 2.55 bits per heavy atom. The van der Waals surface area contributed by atoms with Gasteiger partial charge in [0.15, 0.2) is 5.11 Å². The van der Waals surface area contributed by atoms with Gasteiger partial charge in [-0.1, -0.05) is 31.1 Å². The van der Waals surface area contributed by atoms with Crippen molar-refractivity contribution in [3.63, 3.8) is 0 Å². The van der Waals surface area contributed by atoms with E-state index in [0.29, 0.717) is 18.0 Å². The highest BCUT2D eigenvalue weighted by Gasteiger charge is 2.10. The first-order valence-corrected chi connectivity index (χ1v) is 7.40. The molecule has 0 radical (unpaired) electrons. The molecule has 0 atom stereocenters. The summed E-state index contributed by atoms with van der Waals surface area (Å²) in [4.78, 5) is 13.5. The van der Waals surface area contributed by atoms with Crippen molar-refractivity contribution in [2.24, 2.45) is 0 Å². The number of rotatable bonds is 4. The number of hydrogen-bond acceptors (Lipinski definition) is 5. The fraction of sp³-hybridized carbons (Fsp3) is 0.357. The van der Waals surface area contributed by atoms with E-state index in [-0.39, 0.29) is 17.0 Å². The monoisotopic (exact) mass is 318 g/mol. The van der Waals surface area contributed by atoms with Gasteiger partial charge in [0, 0.05) is 5.56 Å². The second-order valence-corrected chi connectivity index (χ2v) is 5.39. The van der Waals surface area contributed by atoms with Crippen LogP contribution in [0.15, 0.2) is 24.3 Å². The first-order valence-electron chi connectivity index (χ1n) is 6.99. The lowest BCUT2D eigenvalue weighted by molar-refractivity contribution is 0.0977. The lowest BCUT2D eigenvalue weighted by atomic mass is 10.0. The van der Waals surface area contributed by atoms with Gasteiger partial charge in [0.1, 0.15) is 0 Å². The second-order valence-electron chi connectivity index (χ2n) is 4.99. The Labute approximate surface area is 134 Å².